The number of carboxylic acids is 1. The first-order chi connectivity index (χ1) is 14.9. The van der Waals surface area contributed by atoms with Crippen molar-refractivity contribution in [2.24, 2.45) is 5.92 Å². The lowest BCUT2D eigenvalue weighted by Crippen LogP contribution is -2.25. The van der Waals surface area contributed by atoms with Crippen LogP contribution in [0.25, 0.3) is 32.9 Å². The highest BCUT2D eigenvalue weighted by molar-refractivity contribution is 6.05. The number of benzene rings is 2. The highest BCUT2D eigenvalue weighted by Crippen LogP contribution is 2.42. The lowest BCUT2D eigenvalue weighted by molar-refractivity contribution is -0.140. The Morgan fingerprint density at radius 1 is 1.26 bits per heavy atom. The predicted octanol–water partition coefficient (Wildman–Crippen LogP) is 4.95. The van der Waals surface area contributed by atoms with Gasteiger partial charge >= 0.3 is 5.97 Å². The molecule has 7 heteroatoms. The van der Waals surface area contributed by atoms with Gasteiger partial charge in [0.05, 0.1) is 23.1 Å². The molecule has 31 heavy (non-hydrogen) atoms. The van der Waals surface area contributed by atoms with Crippen molar-refractivity contribution in [1.82, 2.24) is 15.2 Å². The van der Waals surface area contributed by atoms with E-state index >= 15 is 0 Å². The maximum absolute atomic E-state index is 13.7. The summed E-state index contributed by atoms with van der Waals surface area (Å²) in [5.74, 6) is -0.510. The van der Waals surface area contributed by atoms with Gasteiger partial charge in [-0.05, 0) is 47.7 Å². The number of hydrogen-bond acceptors (Lipinski definition) is 4. The van der Waals surface area contributed by atoms with Crippen LogP contribution in [-0.2, 0) is 4.79 Å². The third kappa shape index (κ3) is 3.30. The first-order valence-electron chi connectivity index (χ1n) is 10.5. The number of anilines is 1. The van der Waals surface area contributed by atoms with Crippen molar-refractivity contribution >= 4 is 33.6 Å². The van der Waals surface area contributed by atoms with E-state index in [0.717, 1.165) is 44.3 Å². The summed E-state index contributed by atoms with van der Waals surface area (Å²) in [6.07, 6.45) is 2.38. The molecule has 5 rings (SSSR count). The number of aromatic nitrogens is 3. The molecular weight excluding hydrogens is 395 g/mol. The normalized spacial score (nSPS) is 16.6. The summed E-state index contributed by atoms with van der Waals surface area (Å²) in [6, 6.07) is 10.6. The van der Waals surface area contributed by atoms with Crippen molar-refractivity contribution in [3.63, 3.8) is 0 Å². The van der Waals surface area contributed by atoms with E-state index in [2.05, 4.69) is 35.0 Å². The first-order valence-corrected chi connectivity index (χ1v) is 10.5. The number of aliphatic carboxylic acids is 1. The zero-order valence-corrected chi connectivity index (χ0v) is 17.4. The first kappa shape index (κ1) is 19.5. The fourth-order valence-electron chi connectivity index (χ4n) is 4.57. The van der Waals surface area contributed by atoms with Gasteiger partial charge in [0.15, 0.2) is 0 Å². The van der Waals surface area contributed by atoms with E-state index in [1.54, 1.807) is 18.3 Å². The van der Waals surface area contributed by atoms with Crippen LogP contribution in [0, 0.1) is 11.7 Å². The molecule has 4 aromatic rings. The monoisotopic (exact) mass is 418 g/mol. The molecule has 6 nitrogen and oxygen atoms in total. The van der Waals surface area contributed by atoms with Gasteiger partial charge in [-0.2, -0.15) is 5.10 Å². The number of halogens is 1. The van der Waals surface area contributed by atoms with Crippen LogP contribution in [0.3, 0.4) is 0 Å². The molecule has 1 saturated heterocycles. The summed E-state index contributed by atoms with van der Waals surface area (Å²) in [6.45, 7) is 5.30. The van der Waals surface area contributed by atoms with E-state index in [0.29, 0.717) is 19.5 Å². The molecule has 2 aromatic carbocycles. The highest BCUT2D eigenvalue weighted by atomic mass is 19.1. The van der Waals surface area contributed by atoms with Crippen LogP contribution < -0.4 is 4.90 Å². The van der Waals surface area contributed by atoms with E-state index < -0.39 is 11.9 Å². The number of pyridine rings is 1. The number of nitrogens with zero attached hydrogens (tertiary/aromatic N) is 3. The maximum atomic E-state index is 13.7. The topological polar surface area (TPSA) is 82.1 Å². The van der Waals surface area contributed by atoms with Crippen LogP contribution in [0.4, 0.5) is 10.2 Å². The Kier molecular flexibility index (Phi) is 4.61. The third-order valence-corrected chi connectivity index (χ3v) is 6.11. The van der Waals surface area contributed by atoms with E-state index in [9.17, 15) is 14.3 Å². The summed E-state index contributed by atoms with van der Waals surface area (Å²) < 4.78 is 13.7. The number of carbonyl (C=O) groups is 1. The molecule has 0 saturated carbocycles. The fourth-order valence-corrected chi connectivity index (χ4v) is 4.57. The summed E-state index contributed by atoms with van der Waals surface area (Å²) >= 11 is 0. The van der Waals surface area contributed by atoms with Gasteiger partial charge < -0.3 is 10.0 Å². The second-order valence-electron chi connectivity index (χ2n) is 8.48. The molecule has 158 valence electrons. The molecular formula is C24H23FN4O2. The fraction of sp³-hybridized carbons (Fsp3) is 0.292. The highest BCUT2D eigenvalue weighted by Gasteiger charge is 2.32. The molecule has 0 radical (unpaired) electrons. The molecule has 3 heterocycles. The van der Waals surface area contributed by atoms with Crippen molar-refractivity contribution < 1.29 is 14.3 Å². The Balaban J connectivity index is 1.82. The summed E-state index contributed by atoms with van der Waals surface area (Å²) in [5.41, 5.74) is 4.66. The standard InChI is InChI=1S/C24H23FN4O2/c1-13(2)21-22(14-3-5-17(25)6-4-14)18-9-16-11-26-28-19(16)10-20(18)27-23(21)29-8-7-15(12-29)24(30)31/h3-6,9-11,13,15H,7-8,12H2,1-2H3,(H,26,28)(H,30,31)/t15-/m1/s1. The number of aromatic amines is 1. The van der Waals surface area contributed by atoms with Gasteiger partial charge in [0.25, 0.3) is 0 Å². The van der Waals surface area contributed by atoms with Crippen molar-refractivity contribution in [1.29, 1.82) is 0 Å². The third-order valence-electron chi connectivity index (χ3n) is 6.11. The van der Waals surface area contributed by atoms with Gasteiger partial charge in [0.2, 0.25) is 0 Å². The predicted molar refractivity (Wildman–Crippen MR) is 119 cm³/mol. The average Bonchev–Trinajstić information content (AvgIpc) is 3.40. The summed E-state index contributed by atoms with van der Waals surface area (Å²) in [7, 11) is 0. The zero-order valence-electron chi connectivity index (χ0n) is 17.4. The van der Waals surface area contributed by atoms with Crippen LogP contribution in [0.2, 0.25) is 0 Å². The number of nitrogens with one attached hydrogen (secondary N) is 1. The Labute approximate surface area is 178 Å². The number of fused-ring (bicyclic) bond motifs is 2. The second kappa shape index (κ2) is 7.34. The van der Waals surface area contributed by atoms with Gasteiger partial charge in [0, 0.05) is 29.4 Å². The van der Waals surface area contributed by atoms with Crippen molar-refractivity contribution in [2.75, 3.05) is 18.0 Å². The number of rotatable bonds is 4. The van der Waals surface area contributed by atoms with Gasteiger partial charge in [-0.25, -0.2) is 9.37 Å². The minimum absolute atomic E-state index is 0.135. The minimum Gasteiger partial charge on any atom is -0.481 e. The van der Waals surface area contributed by atoms with Gasteiger partial charge in [0.1, 0.15) is 11.6 Å². The Morgan fingerprint density at radius 2 is 2.03 bits per heavy atom. The molecule has 0 spiro atoms. The van der Waals surface area contributed by atoms with E-state index in [1.807, 2.05) is 6.07 Å². The molecule has 2 aromatic heterocycles. The van der Waals surface area contributed by atoms with Crippen molar-refractivity contribution in [2.45, 2.75) is 26.2 Å². The molecule has 1 atom stereocenters. The summed E-state index contributed by atoms with van der Waals surface area (Å²) in [4.78, 5) is 18.7. The van der Waals surface area contributed by atoms with E-state index in [-0.39, 0.29) is 11.7 Å². The molecule has 2 N–H and O–H groups in total. The Hall–Kier alpha value is -3.48. The van der Waals surface area contributed by atoms with Gasteiger partial charge in [-0.3, -0.25) is 9.89 Å². The van der Waals surface area contributed by atoms with Crippen LogP contribution in [0.15, 0.2) is 42.6 Å². The van der Waals surface area contributed by atoms with E-state index in [4.69, 9.17) is 4.98 Å². The number of H-pyrrole nitrogens is 1. The molecule has 1 aliphatic heterocycles. The molecule has 0 aliphatic carbocycles. The second-order valence-corrected chi connectivity index (χ2v) is 8.48. The SMILES string of the molecule is CC(C)c1c(N2CC[C@@H](C(=O)O)C2)nc2cc3[nH]ncc3cc2c1-c1ccc(F)cc1. The van der Waals surface area contributed by atoms with Crippen LogP contribution in [0.5, 0.6) is 0 Å². The van der Waals surface area contributed by atoms with E-state index in [1.165, 1.54) is 12.1 Å². The van der Waals surface area contributed by atoms with Crippen molar-refractivity contribution in [3.05, 3.63) is 54.0 Å². The lowest BCUT2D eigenvalue weighted by Gasteiger charge is -2.26. The minimum atomic E-state index is -0.771. The van der Waals surface area contributed by atoms with Crippen LogP contribution >= 0.6 is 0 Å². The zero-order chi connectivity index (χ0) is 21.7. The quantitative estimate of drug-likeness (QED) is 0.490. The smallest absolute Gasteiger partial charge is 0.308 e. The number of hydrogen-bond donors (Lipinski definition) is 2. The van der Waals surface area contributed by atoms with Crippen LogP contribution in [0.1, 0.15) is 31.7 Å². The van der Waals surface area contributed by atoms with Gasteiger partial charge in [-0.1, -0.05) is 26.0 Å². The summed E-state index contributed by atoms with van der Waals surface area (Å²) in [5, 5.41) is 18.6. The van der Waals surface area contributed by atoms with Gasteiger partial charge in [-0.15, -0.1) is 0 Å². The average molecular weight is 418 g/mol. The molecule has 0 bridgehead atoms. The maximum Gasteiger partial charge on any atom is 0.308 e. The molecule has 1 aliphatic rings. The molecule has 0 amide bonds. The van der Waals surface area contributed by atoms with Crippen molar-refractivity contribution in [3.8, 4) is 11.1 Å². The largest absolute Gasteiger partial charge is 0.481 e. The van der Waals surface area contributed by atoms with Crippen LogP contribution in [-0.4, -0.2) is 39.3 Å². The molecule has 1 fully saturated rings. The Morgan fingerprint density at radius 3 is 2.71 bits per heavy atom. The lowest BCUT2D eigenvalue weighted by atomic mass is 9.89. The Bertz CT molecular complexity index is 1300. The number of carboxylic acid groups (broad SMARTS) is 1. The molecule has 0 unspecified atom stereocenters.